The largest absolute Gasteiger partial charge is 0.465 e. The molecule has 0 bridgehead atoms. The summed E-state index contributed by atoms with van der Waals surface area (Å²) in [5, 5.41) is 8.18. The zero-order valence-electron chi connectivity index (χ0n) is 24.9. The van der Waals surface area contributed by atoms with E-state index in [9.17, 15) is 19.2 Å². The summed E-state index contributed by atoms with van der Waals surface area (Å²) < 4.78 is 33.0. The van der Waals surface area contributed by atoms with Crippen LogP contribution in [0.15, 0.2) is 91.0 Å². The number of hydrogen-bond acceptors (Lipinski definition) is 11. The van der Waals surface area contributed by atoms with Crippen LogP contribution >= 0.6 is 34.8 Å². The summed E-state index contributed by atoms with van der Waals surface area (Å²) in [6, 6.07) is 23.8. The zero-order valence-corrected chi connectivity index (χ0v) is 27.2. The average molecular weight is 705 g/mol. The molecule has 1 N–H and O–H groups in total. The second-order valence-electron chi connectivity index (χ2n) is 11.0. The van der Waals surface area contributed by atoms with Crippen molar-refractivity contribution < 1.29 is 47.6 Å². The number of ether oxygens (including phenoxy) is 6. The van der Waals surface area contributed by atoms with Crippen LogP contribution in [-0.2, 0) is 33.2 Å². The first-order valence-corrected chi connectivity index (χ1v) is 15.3. The molecule has 0 amide bonds. The van der Waals surface area contributed by atoms with Gasteiger partial charge in [0.15, 0.2) is 12.2 Å². The van der Waals surface area contributed by atoms with Gasteiger partial charge in [-0.15, -0.1) is 0 Å². The summed E-state index contributed by atoms with van der Waals surface area (Å²) in [4.78, 5) is 52.9. The lowest BCUT2D eigenvalue weighted by Crippen LogP contribution is -2.69. The summed E-state index contributed by atoms with van der Waals surface area (Å²) in [6.07, 6.45) is -4.51. The minimum atomic E-state index is -2.32. The summed E-state index contributed by atoms with van der Waals surface area (Å²) in [5.41, 5.74) is -1.33. The normalized spacial score (nSPS) is 26.1. The van der Waals surface area contributed by atoms with Crippen molar-refractivity contribution in [2.75, 3.05) is 6.61 Å². The van der Waals surface area contributed by atoms with Crippen molar-refractivity contribution in [3.05, 3.63) is 108 Å². The number of nitrogens with one attached hydrogen (secondary N) is 1. The average Bonchev–Trinajstić information content (AvgIpc) is 3.18. The molecule has 47 heavy (non-hydrogen) atoms. The maximum Gasteiger partial charge on any atom is 0.340 e. The van der Waals surface area contributed by atoms with Gasteiger partial charge in [0, 0.05) is 6.92 Å². The summed E-state index contributed by atoms with van der Waals surface area (Å²) in [7, 11) is 0. The molecule has 6 unspecified atom stereocenters. The van der Waals surface area contributed by atoms with Crippen molar-refractivity contribution in [1.29, 1.82) is 5.41 Å². The molecule has 0 aromatic heterocycles. The van der Waals surface area contributed by atoms with E-state index in [4.69, 9.17) is 68.6 Å². The highest BCUT2D eigenvalue weighted by Crippen LogP contribution is 2.64. The monoisotopic (exact) mass is 703 g/mol. The molecule has 3 aromatic carbocycles. The van der Waals surface area contributed by atoms with Crippen LogP contribution in [0.3, 0.4) is 0 Å². The van der Waals surface area contributed by atoms with Crippen LogP contribution in [0.2, 0.25) is 0 Å². The van der Waals surface area contributed by atoms with Crippen molar-refractivity contribution >= 4 is 64.6 Å². The van der Waals surface area contributed by atoms with Gasteiger partial charge >= 0.3 is 23.9 Å². The van der Waals surface area contributed by atoms with Crippen LogP contribution < -0.4 is 0 Å². The highest BCUT2D eigenvalue weighted by molar-refractivity contribution is 6.76. The topological polar surface area (TPSA) is 148 Å². The van der Waals surface area contributed by atoms with Crippen LogP contribution in [0, 0.1) is 16.7 Å². The molecule has 0 spiro atoms. The number of hydrogen-bond donors (Lipinski definition) is 1. The minimum absolute atomic E-state index is 0.125. The van der Waals surface area contributed by atoms with Crippen LogP contribution in [0.25, 0.3) is 0 Å². The highest BCUT2D eigenvalue weighted by atomic mass is 35.6. The van der Waals surface area contributed by atoms with E-state index in [2.05, 4.69) is 0 Å². The van der Waals surface area contributed by atoms with Gasteiger partial charge in [-0.3, -0.25) is 14.9 Å². The van der Waals surface area contributed by atoms with E-state index in [1.165, 1.54) is 43.3 Å². The van der Waals surface area contributed by atoms with Gasteiger partial charge in [-0.1, -0.05) is 89.4 Å². The molecule has 1 saturated heterocycles. The number of benzene rings is 3. The van der Waals surface area contributed by atoms with E-state index in [0.717, 1.165) is 6.92 Å². The van der Waals surface area contributed by atoms with Gasteiger partial charge in [-0.2, -0.15) is 0 Å². The third-order valence-corrected chi connectivity index (χ3v) is 8.43. The molecule has 1 aliphatic heterocycles. The van der Waals surface area contributed by atoms with E-state index in [1.807, 2.05) is 0 Å². The van der Waals surface area contributed by atoms with E-state index in [0.29, 0.717) is 0 Å². The standard InChI is InChI=1S/C33H28Cl3NO10/c1-19(38)42-18-31(2)25(44-27(40)21-14-8-4-9-15-21)24(43-26(39)20-12-6-3-7-13-20)23-29(45-30(37)33(34,35)36)47-32(23,31)46-28(41)22-16-10-5-11-17-22/h3-17,23-25,29,37H,18H2,1-2H3. The molecule has 0 radical (unpaired) electrons. The Morgan fingerprint density at radius 2 is 1.23 bits per heavy atom. The SMILES string of the molecule is CC(=O)OCC1(C)C(OC(=O)c2ccccc2)C(OC(=O)c2ccccc2)C2C(OC(=N)C(Cl)(Cl)Cl)OC21OC(=O)c1ccccc1. The number of rotatable bonds is 9. The lowest BCUT2D eigenvalue weighted by molar-refractivity contribution is -0.436. The lowest BCUT2D eigenvalue weighted by atomic mass is 9.77. The number of carbonyl (C=O) groups excluding carboxylic acids is 4. The van der Waals surface area contributed by atoms with Crippen molar-refractivity contribution in [3.63, 3.8) is 0 Å². The quantitative estimate of drug-likeness (QED) is 0.0937. The summed E-state index contributed by atoms with van der Waals surface area (Å²) >= 11 is 17.7. The lowest BCUT2D eigenvalue weighted by Gasteiger charge is -2.54. The fraction of sp³-hybridized carbons (Fsp3) is 0.303. The fourth-order valence-electron chi connectivity index (χ4n) is 5.62. The Morgan fingerprint density at radius 3 is 1.70 bits per heavy atom. The third kappa shape index (κ3) is 6.80. The fourth-order valence-corrected chi connectivity index (χ4v) is 5.75. The number of halogens is 3. The zero-order chi connectivity index (χ0) is 34.0. The predicted molar refractivity (Wildman–Crippen MR) is 168 cm³/mol. The predicted octanol–water partition coefficient (Wildman–Crippen LogP) is 5.91. The van der Waals surface area contributed by atoms with Crippen molar-refractivity contribution in [3.8, 4) is 0 Å². The van der Waals surface area contributed by atoms with Gasteiger partial charge in [-0.05, 0) is 43.3 Å². The van der Waals surface area contributed by atoms with Crippen LogP contribution in [0.5, 0.6) is 0 Å². The number of fused-ring (bicyclic) bond motifs is 1. The second-order valence-corrected chi connectivity index (χ2v) is 13.3. The number of carbonyl (C=O) groups is 4. The Morgan fingerprint density at radius 1 is 0.766 bits per heavy atom. The number of esters is 4. The Kier molecular flexibility index (Phi) is 9.83. The molecule has 1 aliphatic carbocycles. The van der Waals surface area contributed by atoms with Gasteiger partial charge in [0.25, 0.3) is 3.79 Å². The van der Waals surface area contributed by atoms with Gasteiger partial charge in [0.2, 0.25) is 18.0 Å². The van der Waals surface area contributed by atoms with E-state index in [1.54, 1.807) is 54.6 Å². The Hall–Kier alpha value is -4.16. The molecule has 2 aliphatic rings. The molecule has 1 saturated carbocycles. The molecule has 2 fully saturated rings. The molecule has 14 heteroatoms. The van der Waals surface area contributed by atoms with Gasteiger partial charge in [-0.25, -0.2) is 14.4 Å². The second kappa shape index (κ2) is 13.5. The van der Waals surface area contributed by atoms with Gasteiger partial charge in [0.1, 0.15) is 17.9 Å². The molecule has 5 rings (SSSR count). The van der Waals surface area contributed by atoms with Gasteiger partial charge < -0.3 is 23.7 Å². The maximum absolute atomic E-state index is 13.6. The first kappa shape index (κ1) is 34.2. The Balaban J connectivity index is 1.65. The maximum atomic E-state index is 13.6. The first-order chi connectivity index (χ1) is 22.3. The van der Waals surface area contributed by atoms with Gasteiger partial charge in [0.05, 0.1) is 16.7 Å². The van der Waals surface area contributed by atoms with Crippen LogP contribution in [0.1, 0.15) is 44.9 Å². The Bertz CT molecular complexity index is 1650. The molecular weight excluding hydrogens is 677 g/mol. The van der Waals surface area contributed by atoms with Crippen LogP contribution in [0.4, 0.5) is 0 Å². The molecule has 3 aromatic rings. The van der Waals surface area contributed by atoms with Crippen molar-refractivity contribution in [1.82, 2.24) is 0 Å². The number of alkyl halides is 3. The van der Waals surface area contributed by atoms with Crippen molar-refractivity contribution in [2.24, 2.45) is 11.3 Å². The highest BCUT2D eigenvalue weighted by Gasteiger charge is 2.83. The molecule has 246 valence electrons. The molecular formula is C33H28Cl3NO10. The van der Waals surface area contributed by atoms with Crippen molar-refractivity contribution in [2.45, 2.75) is 41.9 Å². The minimum Gasteiger partial charge on any atom is -0.465 e. The smallest absolute Gasteiger partial charge is 0.340 e. The summed E-state index contributed by atoms with van der Waals surface area (Å²) in [5.74, 6) is -7.56. The van der Waals surface area contributed by atoms with E-state index < -0.39 is 75.8 Å². The first-order valence-electron chi connectivity index (χ1n) is 14.2. The van der Waals surface area contributed by atoms with E-state index >= 15 is 0 Å². The third-order valence-electron chi connectivity index (χ3n) is 7.92. The molecule has 6 atom stereocenters. The van der Waals surface area contributed by atoms with Crippen LogP contribution in [-0.4, -0.2) is 64.5 Å². The molecule has 11 nitrogen and oxygen atoms in total. The Labute approximate surface area is 284 Å². The summed E-state index contributed by atoms with van der Waals surface area (Å²) in [6.45, 7) is 2.10. The van der Waals surface area contributed by atoms with E-state index in [-0.39, 0.29) is 16.7 Å². The molecule has 1 heterocycles.